The molecule has 0 aliphatic carbocycles. The van der Waals surface area contributed by atoms with E-state index in [2.05, 4.69) is 27.0 Å². The Labute approximate surface area is 128 Å². The molecule has 3 rings (SSSR count). The number of nitrogens with two attached hydrogens (primary N) is 1. The van der Waals surface area contributed by atoms with Crippen LogP contribution in [0.25, 0.3) is 16.7 Å². The lowest BCUT2D eigenvalue weighted by molar-refractivity contribution is 1.10. The molecule has 3 aromatic rings. The molecule has 0 atom stereocenters. The lowest BCUT2D eigenvalue weighted by Crippen LogP contribution is -2.01. The number of aromatic nitrogens is 2. The molecule has 2 aromatic carbocycles. The summed E-state index contributed by atoms with van der Waals surface area (Å²) in [6.45, 7) is 0. The number of nitrogen functional groups attached to an aromatic ring is 1. The van der Waals surface area contributed by atoms with Crippen molar-refractivity contribution >= 4 is 44.5 Å². The Bertz CT molecular complexity index is 863. The Balaban J connectivity index is 2.32. The lowest BCUT2D eigenvalue weighted by atomic mass is 10.2. The van der Waals surface area contributed by atoms with Gasteiger partial charge in [-0.3, -0.25) is 4.57 Å². The molecule has 0 aliphatic rings. The van der Waals surface area contributed by atoms with Crippen LogP contribution in [0.2, 0.25) is 5.02 Å². The third kappa shape index (κ3) is 2.03. The first-order valence-corrected chi connectivity index (χ1v) is 6.91. The van der Waals surface area contributed by atoms with E-state index in [-0.39, 0.29) is 0 Å². The predicted octanol–water partition coefficient (Wildman–Crippen LogP) is 3.90. The maximum absolute atomic E-state index is 8.91. The van der Waals surface area contributed by atoms with Crippen molar-refractivity contribution in [3.05, 3.63) is 51.5 Å². The van der Waals surface area contributed by atoms with Crippen LogP contribution in [-0.4, -0.2) is 9.55 Å². The summed E-state index contributed by atoms with van der Waals surface area (Å²) in [4.78, 5) is 4.31. The summed E-state index contributed by atoms with van der Waals surface area (Å²) >= 11 is 9.50. The van der Waals surface area contributed by atoms with Crippen LogP contribution in [-0.2, 0) is 0 Å². The second-order valence-corrected chi connectivity index (χ2v) is 5.51. The number of imidazole rings is 1. The maximum Gasteiger partial charge on any atom is 0.205 e. The number of hydrogen-bond acceptors (Lipinski definition) is 3. The largest absolute Gasteiger partial charge is 0.369 e. The molecule has 0 amide bonds. The minimum Gasteiger partial charge on any atom is -0.369 e. The van der Waals surface area contributed by atoms with E-state index in [1.165, 1.54) is 0 Å². The standard InChI is InChI=1S/C14H8BrClN4/c15-10-5-8(7-17)1-4-12(10)20-13-6-9(16)2-3-11(13)19-14(20)18/h1-6H,(H2,18,19). The van der Waals surface area contributed by atoms with Gasteiger partial charge in [-0.15, -0.1) is 0 Å². The molecule has 0 bridgehead atoms. The highest BCUT2D eigenvalue weighted by atomic mass is 79.9. The minimum absolute atomic E-state index is 0.368. The molecule has 0 radical (unpaired) electrons. The first-order valence-electron chi connectivity index (χ1n) is 5.73. The molecule has 1 heterocycles. The van der Waals surface area contributed by atoms with Crippen molar-refractivity contribution in [3.8, 4) is 11.8 Å². The average molecular weight is 348 g/mol. The van der Waals surface area contributed by atoms with Gasteiger partial charge in [0.25, 0.3) is 0 Å². The fraction of sp³-hybridized carbons (Fsp3) is 0. The first-order chi connectivity index (χ1) is 9.60. The van der Waals surface area contributed by atoms with E-state index in [0.717, 1.165) is 21.2 Å². The summed E-state index contributed by atoms with van der Waals surface area (Å²) in [7, 11) is 0. The molecular weight excluding hydrogens is 340 g/mol. The summed E-state index contributed by atoms with van der Waals surface area (Å²) in [5.41, 5.74) is 8.97. The van der Waals surface area contributed by atoms with Gasteiger partial charge in [-0.2, -0.15) is 5.26 Å². The molecule has 20 heavy (non-hydrogen) atoms. The molecule has 0 aliphatic heterocycles. The van der Waals surface area contributed by atoms with Gasteiger partial charge in [0.1, 0.15) is 0 Å². The lowest BCUT2D eigenvalue weighted by Gasteiger charge is -2.09. The molecule has 0 saturated carbocycles. The number of benzene rings is 2. The van der Waals surface area contributed by atoms with Crippen LogP contribution in [0, 0.1) is 11.3 Å². The van der Waals surface area contributed by atoms with Gasteiger partial charge in [-0.1, -0.05) is 11.6 Å². The second kappa shape index (κ2) is 4.82. The van der Waals surface area contributed by atoms with E-state index in [9.17, 15) is 0 Å². The highest BCUT2D eigenvalue weighted by molar-refractivity contribution is 9.10. The van der Waals surface area contributed by atoms with E-state index in [0.29, 0.717) is 16.5 Å². The summed E-state index contributed by atoms with van der Waals surface area (Å²) in [6, 6.07) is 12.8. The number of hydrogen-bond donors (Lipinski definition) is 1. The van der Waals surface area contributed by atoms with Gasteiger partial charge in [-0.05, 0) is 52.3 Å². The Morgan fingerprint density at radius 2 is 2.05 bits per heavy atom. The van der Waals surface area contributed by atoms with Gasteiger partial charge < -0.3 is 5.73 Å². The number of rotatable bonds is 1. The summed E-state index contributed by atoms with van der Waals surface area (Å²) in [5, 5.41) is 9.53. The molecule has 0 unspecified atom stereocenters. The van der Waals surface area contributed by atoms with Gasteiger partial charge in [0.2, 0.25) is 5.95 Å². The monoisotopic (exact) mass is 346 g/mol. The average Bonchev–Trinajstić information content (AvgIpc) is 2.74. The van der Waals surface area contributed by atoms with Crippen molar-refractivity contribution in [2.24, 2.45) is 0 Å². The summed E-state index contributed by atoms with van der Waals surface area (Å²) in [6.07, 6.45) is 0. The Morgan fingerprint density at radius 1 is 1.25 bits per heavy atom. The van der Waals surface area contributed by atoms with Gasteiger partial charge >= 0.3 is 0 Å². The van der Waals surface area contributed by atoms with E-state index >= 15 is 0 Å². The zero-order valence-electron chi connectivity index (χ0n) is 10.1. The predicted molar refractivity (Wildman–Crippen MR) is 82.9 cm³/mol. The minimum atomic E-state index is 0.368. The highest BCUT2D eigenvalue weighted by Crippen LogP contribution is 2.30. The summed E-state index contributed by atoms with van der Waals surface area (Å²) in [5.74, 6) is 0.368. The smallest absolute Gasteiger partial charge is 0.205 e. The number of fused-ring (bicyclic) bond motifs is 1. The van der Waals surface area contributed by atoms with E-state index in [4.69, 9.17) is 22.6 Å². The zero-order chi connectivity index (χ0) is 14.3. The third-order valence-electron chi connectivity index (χ3n) is 2.96. The van der Waals surface area contributed by atoms with Gasteiger partial charge in [-0.25, -0.2) is 4.98 Å². The first kappa shape index (κ1) is 13.0. The Morgan fingerprint density at radius 3 is 2.75 bits per heavy atom. The van der Waals surface area contributed by atoms with E-state index in [1.54, 1.807) is 22.8 Å². The molecule has 2 N–H and O–H groups in total. The fourth-order valence-electron chi connectivity index (χ4n) is 2.08. The van der Waals surface area contributed by atoms with E-state index in [1.807, 2.05) is 18.2 Å². The van der Waals surface area contributed by atoms with Crippen LogP contribution < -0.4 is 5.73 Å². The molecular formula is C14H8BrClN4. The normalized spacial score (nSPS) is 10.7. The van der Waals surface area contributed by atoms with Crippen molar-refractivity contribution in [1.29, 1.82) is 5.26 Å². The van der Waals surface area contributed by atoms with Crippen molar-refractivity contribution in [3.63, 3.8) is 0 Å². The second-order valence-electron chi connectivity index (χ2n) is 4.22. The Hall–Kier alpha value is -2.03. The number of nitriles is 1. The van der Waals surface area contributed by atoms with Gasteiger partial charge in [0.05, 0.1) is 28.4 Å². The van der Waals surface area contributed by atoms with Crippen LogP contribution in [0.4, 0.5) is 5.95 Å². The van der Waals surface area contributed by atoms with Crippen molar-refractivity contribution in [1.82, 2.24) is 9.55 Å². The maximum atomic E-state index is 8.91. The molecule has 0 spiro atoms. The van der Waals surface area contributed by atoms with Crippen molar-refractivity contribution in [2.75, 3.05) is 5.73 Å². The molecule has 0 saturated heterocycles. The number of anilines is 1. The molecule has 98 valence electrons. The topological polar surface area (TPSA) is 67.6 Å². The van der Waals surface area contributed by atoms with Crippen LogP contribution in [0.1, 0.15) is 5.56 Å². The van der Waals surface area contributed by atoms with Gasteiger partial charge in [0, 0.05) is 9.50 Å². The zero-order valence-corrected chi connectivity index (χ0v) is 12.5. The van der Waals surface area contributed by atoms with Crippen molar-refractivity contribution in [2.45, 2.75) is 0 Å². The molecule has 0 fully saturated rings. The molecule has 1 aromatic heterocycles. The Kier molecular flexibility index (Phi) is 3.13. The fourth-order valence-corrected chi connectivity index (χ4v) is 2.80. The van der Waals surface area contributed by atoms with Crippen LogP contribution in [0.3, 0.4) is 0 Å². The van der Waals surface area contributed by atoms with Crippen LogP contribution in [0.15, 0.2) is 40.9 Å². The van der Waals surface area contributed by atoms with Gasteiger partial charge in [0.15, 0.2) is 0 Å². The summed E-state index contributed by atoms with van der Waals surface area (Å²) < 4.78 is 2.56. The highest BCUT2D eigenvalue weighted by Gasteiger charge is 2.13. The van der Waals surface area contributed by atoms with Crippen LogP contribution >= 0.6 is 27.5 Å². The van der Waals surface area contributed by atoms with Crippen LogP contribution in [0.5, 0.6) is 0 Å². The molecule has 4 nitrogen and oxygen atoms in total. The molecule has 6 heteroatoms. The number of halogens is 2. The van der Waals surface area contributed by atoms with Crippen molar-refractivity contribution < 1.29 is 0 Å². The van der Waals surface area contributed by atoms with E-state index < -0.39 is 0 Å². The quantitative estimate of drug-likeness (QED) is 0.726. The third-order valence-corrected chi connectivity index (χ3v) is 3.83. The number of nitrogens with zero attached hydrogens (tertiary/aromatic N) is 3. The SMILES string of the molecule is N#Cc1ccc(-n2c(N)nc3ccc(Cl)cc32)c(Br)c1.